The van der Waals surface area contributed by atoms with Gasteiger partial charge in [-0.05, 0) is 33.6 Å². The second kappa shape index (κ2) is 9.58. The number of aliphatic hydroxyl groups excluding tert-OH is 1. The number of nitro groups is 1. The first-order valence-corrected chi connectivity index (χ1v) is 8.36. The van der Waals surface area contributed by atoms with Crippen LogP contribution in [-0.4, -0.2) is 50.7 Å². The van der Waals surface area contributed by atoms with Gasteiger partial charge in [-0.25, -0.2) is 0 Å². The van der Waals surface area contributed by atoms with Crippen LogP contribution in [0.1, 0.15) is 47.5 Å². The highest BCUT2D eigenvalue weighted by Crippen LogP contribution is 2.16. The van der Waals surface area contributed by atoms with Gasteiger partial charge in [0.1, 0.15) is 16.9 Å². The van der Waals surface area contributed by atoms with Crippen molar-refractivity contribution in [2.75, 3.05) is 13.2 Å². The van der Waals surface area contributed by atoms with E-state index in [-0.39, 0.29) is 12.7 Å². The fourth-order valence-corrected chi connectivity index (χ4v) is 2.55. The molecule has 3 atom stereocenters. The van der Waals surface area contributed by atoms with Crippen LogP contribution in [0.5, 0.6) is 0 Å². The van der Waals surface area contributed by atoms with Crippen LogP contribution in [0.3, 0.4) is 0 Å². The van der Waals surface area contributed by atoms with E-state index in [9.17, 15) is 19.8 Å². The van der Waals surface area contributed by atoms with Crippen molar-refractivity contribution in [3.05, 3.63) is 10.1 Å². The highest BCUT2D eigenvalue weighted by molar-refractivity contribution is 7.90. The molecule has 21 heavy (non-hydrogen) atoms. The average molecular weight is 324 g/mol. The Morgan fingerprint density at radius 1 is 1.33 bits per heavy atom. The van der Waals surface area contributed by atoms with Crippen LogP contribution < -0.4 is 4.72 Å². The Balaban J connectivity index is 4.95. The lowest BCUT2D eigenvalue weighted by Gasteiger charge is -2.31. The van der Waals surface area contributed by atoms with Crippen LogP contribution in [0.2, 0.25) is 0 Å². The second-order valence-electron chi connectivity index (χ2n) is 5.92. The summed E-state index contributed by atoms with van der Waals surface area (Å²) in [4.78, 5) is 10.3. The molecule has 2 N–H and O–H groups in total. The smallest absolute Gasteiger partial charge is 0.226 e. The standard InChI is InChI=1S/C13H28N2O5S/c1-6-10(7-2)20-12(9-16)11(8-15(17)18)14-21(19)13(3,4)5/h10-12,14,16H,6-9H2,1-5H3/t11-,12-,21?/m1/s1. The van der Waals surface area contributed by atoms with E-state index < -0.39 is 39.7 Å². The van der Waals surface area contributed by atoms with Gasteiger partial charge < -0.3 is 14.4 Å². The summed E-state index contributed by atoms with van der Waals surface area (Å²) in [5.74, 6) is 0. The van der Waals surface area contributed by atoms with Gasteiger partial charge in [0.2, 0.25) is 6.54 Å². The molecule has 0 aromatic carbocycles. The molecule has 1 unspecified atom stereocenters. The zero-order valence-electron chi connectivity index (χ0n) is 13.5. The van der Waals surface area contributed by atoms with Gasteiger partial charge in [-0.3, -0.25) is 10.1 Å². The van der Waals surface area contributed by atoms with E-state index in [1.165, 1.54) is 0 Å². The molecule has 0 radical (unpaired) electrons. The third-order valence-corrected chi connectivity index (χ3v) is 4.70. The van der Waals surface area contributed by atoms with Crippen LogP contribution in [0.15, 0.2) is 0 Å². The first kappa shape index (κ1) is 20.6. The predicted octanol–water partition coefficient (Wildman–Crippen LogP) is 1.25. The minimum absolute atomic E-state index is 0.0822. The molecule has 0 saturated carbocycles. The summed E-state index contributed by atoms with van der Waals surface area (Å²) in [6, 6.07) is -0.800. The minimum Gasteiger partial charge on any atom is -0.598 e. The minimum atomic E-state index is -1.47. The van der Waals surface area contributed by atoms with Crippen molar-refractivity contribution in [3.8, 4) is 0 Å². The van der Waals surface area contributed by atoms with E-state index in [2.05, 4.69) is 4.72 Å². The number of hydrogen-bond acceptors (Lipinski definition) is 6. The topological polar surface area (TPSA) is 108 Å². The molecule has 0 fully saturated rings. The fraction of sp³-hybridized carbons (Fsp3) is 1.00. The third kappa shape index (κ3) is 7.96. The summed E-state index contributed by atoms with van der Waals surface area (Å²) in [5, 5.41) is 20.3. The Kier molecular flexibility index (Phi) is 9.39. The zero-order chi connectivity index (χ0) is 16.6. The molecule has 126 valence electrons. The molecule has 0 aromatic heterocycles. The van der Waals surface area contributed by atoms with Crippen molar-refractivity contribution < 1.29 is 19.3 Å². The summed E-state index contributed by atoms with van der Waals surface area (Å²) in [7, 11) is 0. The van der Waals surface area contributed by atoms with E-state index in [0.717, 1.165) is 12.8 Å². The van der Waals surface area contributed by atoms with Crippen molar-refractivity contribution in [2.45, 2.75) is 70.5 Å². The predicted molar refractivity (Wildman–Crippen MR) is 83.0 cm³/mol. The summed E-state index contributed by atoms with van der Waals surface area (Å²) in [5.41, 5.74) is 0. The first-order valence-electron chi connectivity index (χ1n) is 7.21. The number of nitrogens with one attached hydrogen (secondary N) is 1. The number of nitrogens with zero attached hydrogens (tertiary/aromatic N) is 1. The molecule has 0 spiro atoms. The van der Waals surface area contributed by atoms with Crippen molar-refractivity contribution in [3.63, 3.8) is 0 Å². The van der Waals surface area contributed by atoms with E-state index >= 15 is 0 Å². The Labute approximate surface area is 129 Å². The lowest BCUT2D eigenvalue weighted by Crippen LogP contribution is -2.54. The Hall–Kier alpha value is -0.410. The monoisotopic (exact) mass is 324 g/mol. The SMILES string of the molecule is CCC(CC)O[C@H](CO)[C@@H](C[N+](=O)[O-])N[S+]([O-])C(C)(C)C. The summed E-state index contributed by atoms with van der Waals surface area (Å²) in [6.07, 6.45) is 0.661. The molecular formula is C13H28N2O5S. The molecular weight excluding hydrogens is 296 g/mol. The van der Waals surface area contributed by atoms with E-state index in [4.69, 9.17) is 4.74 Å². The lowest BCUT2D eigenvalue weighted by molar-refractivity contribution is -0.485. The molecule has 8 heteroatoms. The molecule has 0 aliphatic rings. The van der Waals surface area contributed by atoms with Crippen LogP contribution >= 0.6 is 0 Å². The molecule has 0 amide bonds. The molecule has 0 rings (SSSR count). The average Bonchev–Trinajstić information content (AvgIpc) is 2.38. The van der Waals surface area contributed by atoms with E-state index in [1.807, 2.05) is 13.8 Å². The molecule has 0 heterocycles. The van der Waals surface area contributed by atoms with Gasteiger partial charge in [-0.15, -0.1) is 4.72 Å². The molecule has 7 nitrogen and oxygen atoms in total. The Morgan fingerprint density at radius 2 is 1.86 bits per heavy atom. The van der Waals surface area contributed by atoms with Crippen molar-refractivity contribution >= 4 is 11.4 Å². The normalized spacial score (nSPS) is 16.8. The largest absolute Gasteiger partial charge is 0.598 e. The highest BCUT2D eigenvalue weighted by atomic mass is 32.2. The Morgan fingerprint density at radius 3 is 2.19 bits per heavy atom. The summed E-state index contributed by atoms with van der Waals surface area (Å²) < 4.78 is 20.1. The van der Waals surface area contributed by atoms with Gasteiger partial charge in [0.25, 0.3) is 0 Å². The Bertz CT molecular complexity index is 307. The maximum absolute atomic E-state index is 12.1. The number of aliphatic hydroxyl groups is 1. The zero-order valence-corrected chi connectivity index (χ0v) is 14.3. The lowest BCUT2D eigenvalue weighted by atomic mass is 10.1. The molecule has 0 aliphatic carbocycles. The van der Waals surface area contributed by atoms with Crippen molar-refractivity contribution in [1.82, 2.24) is 4.72 Å². The van der Waals surface area contributed by atoms with Gasteiger partial charge in [0, 0.05) is 16.3 Å². The fourth-order valence-electron chi connectivity index (χ4n) is 1.70. The molecule has 0 aliphatic heterocycles. The maximum Gasteiger partial charge on any atom is 0.226 e. The van der Waals surface area contributed by atoms with E-state index in [0.29, 0.717) is 0 Å². The molecule has 0 bridgehead atoms. The number of hydrogen-bond donors (Lipinski definition) is 2. The summed E-state index contributed by atoms with van der Waals surface area (Å²) >= 11 is -1.47. The maximum atomic E-state index is 12.1. The third-order valence-electron chi connectivity index (χ3n) is 3.07. The van der Waals surface area contributed by atoms with Gasteiger partial charge in [-0.2, -0.15) is 0 Å². The highest BCUT2D eigenvalue weighted by Gasteiger charge is 2.36. The number of rotatable bonds is 10. The van der Waals surface area contributed by atoms with Gasteiger partial charge in [-0.1, -0.05) is 13.8 Å². The van der Waals surface area contributed by atoms with Crippen LogP contribution in [0, 0.1) is 10.1 Å². The summed E-state index contributed by atoms with van der Waals surface area (Å²) in [6.45, 7) is 8.41. The van der Waals surface area contributed by atoms with Gasteiger partial charge in [0.15, 0.2) is 0 Å². The first-order chi connectivity index (χ1) is 9.65. The van der Waals surface area contributed by atoms with E-state index in [1.54, 1.807) is 20.8 Å². The van der Waals surface area contributed by atoms with Crippen LogP contribution in [0.4, 0.5) is 0 Å². The molecule has 0 aromatic rings. The second-order valence-corrected chi connectivity index (χ2v) is 7.91. The van der Waals surface area contributed by atoms with Crippen LogP contribution in [0.25, 0.3) is 0 Å². The van der Waals surface area contributed by atoms with Crippen molar-refractivity contribution in [1.29, 1.82) is 0 Å². The van der Waals surface area contributed by atoms with Crippen LogP contribution in [-0.2, 0) is 16.1 Å². The number of ether oxygens (including phenoxy) is 1. The molecule has 0 saturated heterocycles. The van der Waals surface area contributed by atoms with Gasteiger partial charge in [0.05, 0.1) is 12.7 Å². The van der Waals surface area contributed by atoms with Crippen molar-refractivity contribution in [2.24, 2.45) is 0 Å². The quantitative estimate of drug-likeness (QED) is 0.356. The van der Waals surface area contributed by atoms with Gasteiger partial charge >= 0.3 is 0 Å².